The highest BCUT2D eigenvalue weighted by Crippen LogP contribution is 2.23. The first-order valence-electron chi connectivity index (χ1n) is 6.09. The fourth-order valence-corrected chi connectivity index (χ4v) is 3.26. The van der Waals surface area contributed by atoms with E-state index in [1.807, 2.05) is 0 Å². The molecule has 0 radical (unpaired) electrons. The summed E-state index contributed by atoms with van der Waals surface area (Å²) < 4.78 is 40.6. The first kappa shape index (κ1) is 15.9. The van der Waals surface area contributed by atoms with Gasteiger partial charge in [0.15, 0.2) is 0 Å². The van der Waals surface area contributed by atoms with E-state index >= 15 is 0 Å². The molecular weight excluding hydrogens is 319 g/mol. The summed E-state index contributed by atoms with van der Waals surface area (Å²) in [6.45, 7) is -0.0303. The molecule has 0 spiro atoms. The number of rotatable bonds is 6. The molecule has 0 amide bonds. The van der Waals surface area contributed by atoms with Crippen molar-refractivity contribution in [2.24, 2.45) is 5.73 Å². The second-order valence-corrected chi connectivity index (χ2v) is 6.48. The minimum Gasteiger partial charge on any atom is -0.348 e. The number of nitrogens with two attached hydrogens (primary N) is 1. The molecule has 1 heterocycles. The third-order valence-electron chi connectivity index (χ3n) is 2.83. The Hall–Kier alpha value is -1.48. The SMILES string of the molecule is NCc1cc(Cl)cc(S(=O)(=O)NCCc2cnc[nH]2)c1F. The molecule has 0 saturated carbocycles. The molecule has 0 saturated heterocycles. The Kier molecular flexibility index (Phi) is 4.94. The Balaban J connectivity index is 2.17. The number of sulfonamides is 1. The maximum atomic E-state index is 14.1. The molecule has 0 fully saturated rings. The highest BCUT2D eigenvalue weighted by Gasteiger charge is 2.21. The maximum Gasteiger partial charge on any atom is 0.243 e. The van der Waals surface area contributed by atoms with Crippen LogP contribution in [0.3, 0.4) is 0 Å². The second-order valence-electron chi connectivity index (χ2n) is 4.31. The van der Waals surface area contributed by atoms with Crippen LogP contribution in [0.1, 0.15) is 11.3 Å². The van der Waals surface area contributed by atoms with Gasteiger partial charge in [-0.25, -0.2) is 22.5 Å². The maximum absolute atomic E-state index is 14.1. The summed E-state index contributed by atoms with van der Waals surface area (Å²) in [5, 5.41) is 0.116. The van der Waals surface area contributed by atoms with E-state index < -0.39 is 20.7 Å². The van der Waals surface area contributed by atoms with Crippen molar-refractivity contribution in [1.82, 2.24) is 14.7 Å². The zero-order chi connectivity index (χ0) is 15.5. The summed E-state index contributed by atoms with van der Waals surface area (Å²) in [7, 11) is -4.00. The molecule has 0 aliphatic rings. The number of aromatic nitrogens is 2. The van der Waals surface area contributed by atoms with Crippen molar-refractivity contribution in [3.05, 3.63) is 46.8 Å². The average Bonchev–Trinajstić information content (AvgIpc) is 2.93. The molecule has 6 nitrogen and oxygen atoms in total. The van der Waals surface area contributed by atoms with E-state index in [1.54, 1.807) is 6.20 Å². The van der Waals surface area contributed by atoms with Crippen molar-refractivity contribution in [1.29, 1.82) is 0 Å². The Morgan fingerprint density at radius 1 is 1.43 bits per heavy atom. The second kappa shape index (κ2) is 6.52. The van der Waals surface area contributed by atoms with Gasteiger partial charge >= 0.3 is 0 Å². The van der Waals surface area contributed by atoms with Crippen molar-refractivity contribution in [2.75, 3.05) is 6.54 Å². The van der Waals surface area contributed by atoms with E-state index in [2.05, 4.69) is 14.7 Å². The average molecular weight is 333 g/mol. The van der Waals surface area contributed by atoms with Crippen molar-refractivity contribution >= 4 is 21.6 Å². The van der Waals surface area contributed by atoms with Gasteiger partial charge in [0.1, 0.15) is 10.7 Å². The predicted octanol–water partition coefficient (Wildman–Crippen LogP) is 1.18. The zero-order valence-electron chi connectivity index (χ0n) is 10.9. The number of halogens is 2. The van der Waals surface area contributed by atoms with Crippen LogP contribution in [-0.4, -0.2) is 24.9 Å². The van der Waals surface area contributed by atoms with Gasteiger partial charge in [-0.05, 0) is 12.1 Å². The summed E-state index contributed by atoms with van der Waals surface area (Å²) in [5.41, 5.74) is 6.19. The Labute approximate surface area is 126 Å². The molecule has 1 aromatic carbocycles. The molecule has 0 bridgehead atoms. The van der Waals surface area contributed by atoms with Crippen LogP contribution in [0.5, 0.6) is 0 Å². The molecule has 1 aromatic heterocycles. The van der Waals surface area contributed by atoms with E-state index in [-0.39, 0.29) is 23.7 Å². The lowest BCUT2D eigenvalue weighted by atomic mass is 10.2. The lowest BCUT2D eigenvalue weighted by Crippen LogP contribution is -2.27. The van der Waals surface area contributed by atoms with Gasteiger partial charge in [-0.2, -0.15) is 0 Å². The predicted molar refractivity (Wildman–Crippen MR) is 76.8 cm³/mol. The minimum atomic E-state index is -4.00. The number of imidazole rings is 1. The number of nitrogens with one attached hydrogen (secondary N) is 2. The lowest BCUT2D eigenvalue weighted by molar-refractivity contribution is 0.550. The molecule has 21 heavy (non-hydrogen) atoms. The van der Waals surface area contributed by atoms with Crippen LogP contribution in [0.2, 0.25) is 5.02 Å². The van der Waals surface area contributed by atoms with Gasteiger partial charge in [-0.15, -0.1) is 0 Å². The van der Waals surface area contributed by atoms with E-state index in [1.165, 1.54) is 12.4 Å². The Morgan fingerprint density at radius 3 is 2.81 bits per heavy atom. The fourth-order valence-electron chi connectivity index (χ4n) is 1.78. The van der Waals surface area contributed by atoms with Crippen LogP contribution in [-0.2, 0) is 23.0 Å². The van der Waals surface area contributed by atoms with Gasteiger partial charge < -0.3 is 10.7 Å². The van der Waals surface area contributed by atoms with Crippen LogP contribution in [0.25, 0.3) is 0 Å². The molecule has 0 aliphatic heterocycles. The summed E-state index contributed by atoms with van der Waals surface area (Å²) in [6, 6.07) is 2.37. The van der Waals surface area contributed by atoms with E-state index in [0.717, 1.165) is 11.8 Å². The summed E-state index contributed by atoms with van der Waals surface area (Å²) in [5.74, 6) is -0.879. The largest absolute Gasteiger partial charge is 0.348 e. The van der Waals surface area contributed by atoms with Crippen LogP contribution in [0.4, 0.5) is 4.39 Å². The number of H-pyrrole nitrogens is 1. The van der Waals surface area contributed by atoms with E-state index in [9.17, 15) is 12.8 Å². The fraction of sp³-hybridized carbons (Fsp3) is 0.250. The number of aromatic amines is 1. The number of benzene rings is 1. The number of hydrogen-bond donors (Lipinski definition) is 3. The molecule has 114 valence electrons. The van der Waals surface area contributed by atoms with Crippen molar-refractivity contribution in [3.63, 3.8) is 0 Å². The van der Waals surface area contributed by atoms with Crippen LogP contribution >= 0.6 is 11.6 Å². The van der Waals surface area contributed by atoms with Gasteiger partial charge in [0.2, 0.25) is 10.0 Å². The van der Waals surface area contributed by atoms with Crippen LogP contribution in [0.15, 0.2) is 29.6 Å². The van der Waals surface area contributed by atoms with Gasteiger partial charge in [-0.1, -0.05) is 11.6 Å². The lowest BCUT2D eigenvalue weighted by Gasteiger charge is -2.10. The normalized spacial score (nSPS) is 11.8. The summed E-state index contributed by atoms with van der Waals surface area (Å²) >= 11 is 5.79. The summed E-state index contributed by atoms with van der Waals surface area (Å²) in [6.07, 6.45) is 3.49. The third-order valence-corrected chi connectivity index (χ3v) is 4.51. The first-order chi connectivity index (χ1) is 9.94. The quantitative estimate of drug-likeness (QED) is 0.739. The van der Waals surface area contributed by atoms with Gasteiger partial charge in [-0.3, -0.25) is 0 Å². The van der Waals surface area contributed by atoms with Crippen molar-refractivity contribution in [3.8, 4) is 0 Å². The summed E-state index contributed by atoms with van der Waals surface area (Å²) in [4.78, 5) is 6.16. The molecular formula is C12H14ClFN4O2S. The molecule has 0 aliphatic carbocycles. The van der Waals surface area contributed by atoms with Gasteiger partial charge in [0.05, 0.1) is 6.33 Å². The van der Waals surface area contributed by atoms with Crippen LogP contribution < -0.4 is 10.5 Å². The smallest absolute Gasteiger partial charge is 0.243 e. The zero-order valence-corrected chi connectivity index (χ0v) is 12.5. The number of hydrogen-bond acceptors (Lipinski definition) is 4. The first-order valence-corrected chi connectivity index (χ1v) is 7.95. The minimum absolute atomic E-state index is 0.0523. The topological polar surface area (TPSA) is 101 Å². The molecule has 0 unspecified atom stereocenters. The highest BCUT2D eigenvalue weighted by molar-refractivity contribution is 7.89. The highest BCUT2D eigenvalue weighted by atomic mass is 35.5. The van der Waals surface area contributed by atoms with Crippen molar-refractivity contribution in [2.45, 2.75) is 17.9 Å². The van der Waals surface area contributed by atoms with Crippen molar-refractivity contribution < 1.29 is 12.8 Å². The molecule has 9 heteroatoms. The Bertz CT molecular complexity index is 719. The van der Waals surface area contributed by atoms with Gasteiger partial charge in [0, 0.05) is 42.0 Å². The van der Waals surface area contributed by atoms with Crippen LogP contribution in [0, 0.1) is 5.82 Å². The molecule has 4 N–H and O–H groups in total. The van der Waals surface area contributed by atoms with Gasteiger partial charge in [0.25, 0.3) is 0 Å². The van der Waals surface area contributed by atoms with E-state index in [4.69, 9.17) is 17.3 Å². The standard InChI is InChI=1S/C12H14ClFN4O2S/c13-9-3-8(5-15)12(14)11(4-9)21(19,20)18-2-1-10-6-16-7-17-10/h3-4,6-7,18H,1-2,5,15H2,(H,16,17). The molecule has 2 rings (SSSR count). The third kappa shape index (κ3) is 3.79. The van der Waals surface area contributed by atoms with E-state index in [0.29, 0.717) is 6.42 Å². The molecule has 0 atom stereocenters. The molecule has 2 aromatic rings. The monoisotopic (exact) mass is 332 g/mol. The Morgan fingerprint density at radius 2 is 2.19 bits per heavy atom. The number of nitrogens with zero attached hydrogens (tertiary/aromatic N) is 1.